The molecule has 0 radical (unpaired) electrons. The molecular formula is C22H27F2N. The lowest BCUT2D eigenvalue weighted by molar-refractivity contribution is 0.348. The Morgan fingerprint density at radius 2 is 1.60 bits per heavy atom. The minimum Gasteiger partial charge on any atom is -0.396 e. The molecule has 2 aromatic carbocycles. The van der Waals surface area contributed by atoms with Gasteiger partial charge in [0.2, 0.25) is 0 Å². The second-order valence-electron chi connectivity index (χ2n) is 7.59. The van der Waals surface area contributed by atoms with Crippen molar-refractivity contribution in [3.63, 3.8) is 0 Å². The van der Waals surface area contributed by atoms with Crippen LogP contribution >= 0.6 is 0 Å². The van der Waals surface area contributed by atoms with Crippen molar-refractivity contribution in [2.45, 2.75) is 58.3 Å². The van der Waals surface area contributed by atoms with Crippen molar-refractivity contribution < 1.29 is 8.78 Å². The third-order valence-electron chi connectivity index (χ3n) is 5.69. The molecule has 1 nitrogen and oxygen atoms in total. The Balaban J connectivity index is 1.66. The van der Waals surface area contributed by atoms with E-state index in [1.54, 1.807) is 6.92 Å². The van der Waals surface area contributed by atoms with Crippen molar-refractivity contribution in [1.82, 2.24) is 0 Å². The first kappa shape index (κ1) is 17.9. The smallest absolute Gasteiger partial charge is 0.181 e. The van der Waals surface area contributed by atoms with Gasteiger partial charge in [0.25, 0.3) is 0 Å². The van der Waals surface area contributed by atoms with Crippen molar-refractivity contribution >= 4 is 5.69 Å². The van der Waals surface area contributed by atoms with E-state index >= 15 is 0 Å². The molecule has 2 aromatic rings. The van der Waals surface area contributed by atoms with Crippen molar-refractivity contribution in [3.05, 3.63) is 64.2 Å². The van der Waals surface area contributed by atoms with Gasteiger partial charge in [0, 0.05) is 0 Å². The zero-order chi connectivity index (χ0) is 18.0. The lowest BCUT2D eigenvalue weighted by atomic mass is 9.79. The molecule has 0 bridgehead atoms. The second-order valence-corrected chi connectivity index (χ2v) is 7.59. The molecule has 3 rings (SSSR count). The molecule has 0 amide bonds. The molecule has 2 N–H and O–H groups in total. The van der Waals surface area contributed by atoms with Gasteiger partial charge >= 0.3 is 0 Å². The normalized spacial score (nSPS) is 20.6. The van der Waals surface area contributed by atoms with Gasteiger partial charge in [-0.15, -0.1) is 0 Å². The van der Waals surface area contributed by atoms with Crippen LogP contribution in [-0.2, 0) is 12.8 Å². The first-order valence-corrected chi connectivity index (χ1v) is 9.27. The number of anilines is 1. The Kier molecular flexibility index (Phi) is 5.41. The number of halogens is 2. The fraction of sp³-hybridized carbons (Fsp3) is 0.455. The lowest BCUT2D eigenvalue weighted by Gasteiger charge is -2.26. The first-order valence-electron chi connectivity index (χ1n) is 9.27. The van der Waals surface area contributed by atoms with Gasteiger partial charge in [-0.05, 0) is 72.8 Å². The van der Waals surface area contributed by atoms with Crippen molar-refractivity contribution in [3.8, 4) is 0 Å². The highest BCUT2D eigenvalue weighted by Gasteiger charge is 2.19. The molecule has 0 aliphatic heterocycles. The molecule has 25 heavy (non-hydrogen) atoms. The average Bonchev–Trinajstić information content (AvgIpc) is 2.61. The monoisotopic (exact) mass is 343 g/mol. The van der Waals surface area contributed by atoms with Gasteiger partial charge in [0.05, 0.1) is 5.69 Å². The third-order valence-corrected chi connectivity index (χ3v) is 5.69. The molecule has 0 spiro atoms. The molecule has 1 fully saturated rings. The molecule has 3 heteroatoms. The van der Waals surface area contributed by atoms with Crippen molar-refractivity contribution in [2.75, 3.05) is 5.73 Å². The topological polar surface area (TPSA) is 26.0 Å². The van der Waals surface area contributed by atoms with Crippen molar-refractivity contribution in [1.29, 1.82) is 0 Å². The summed E-state index contributed by atoms with van der Waals surface area (Å²) in [7, 11) is 0. The van der Waals surface area contributed by atoms with Crippen LogP contribution in [0.5, 0.6) is 0 Å². The summed E-state index contributed by atoms with van der Waals surface area (Å²) < 4.78 is 27.8. The zero-order valence-corrected chi connectivity index (χ0v) is 15.1. The molecule has 0 atom stereocenters. The van der Waals surface area contributed by atoms with E-state index < -0.39 is 11.6 Å². The summed E-state index contributed by atoms with van der Waals surface area (Å²) in [6.07, 6.45) is 6.35. The standard InChI is InChI=1S/C22H27F2N/c1-14-3-8-17(9-4-14)18-10-5-16(6-11-18)7-12-19-15(2)13-20(25)22(24)21(19)23/h5-6,10-11,13-14,17H,3-4,7-9,12,25H2,1-2H3. The van der Waals surface area contributed by atoms with Gasteiger partial charge < -0.3 is 5.73 Å². The summed E-state index contributed by atoms with van der Waals surface area (Å²) in [5.41, 5.74) is 9.07. The van der Waals surface area contributed by atoms with E-state index in [2.05, 4.69) is 31.2 Å². The number of aryl methyl sites for hydroxylation is 2. The lowest BCUT2D eigenvalue weighted by Crippen LogP contribution is -2.10. The fourth-order valence-electron chi connectivity index (χ4n) is 3.94. The highest BCUT2D eigenvalue weighted by atomic mass is 19.2. The number of rotatable bonds is 4. The minimum atomic E-state index is -0.928. The van der Waals surface area contributed by atoms with Crippen LogP contribution in [0.4, 0.5) is 14.5 Å². The Bertz CT molecular complexity index is 729. The van der Waals surface area contributed by atoms with Gasteiger partial charge in [0.1, 0.15) is 0 Å². The van der Waals surface area contributed by atoms with Gasteiger partial charge in [-0.3, -0.25) is 0 Å². The van der Waals surface area contributed by atoms with E-state index in [9.17, 15) is 8.78 Å². The van der Waals surface area contributed by atoms with Crippen LogP contribution in [0, 0.1) is 24.5 Å². The summed E-state index contributed by atoms with van der Waals surface area (Å²) in [6.45, 7) is 4.11. The van der Waals surface area contributed by atoms with Crippen LogP contribution in [0.2, 0.25) is 0 Å². The van der Waals surface area contributed by atoms with Crippen molar-refractivity contribution in [2.24, 2.45) is 5.92 Å². The molecule has 0 saturated heterocycles. The summed E-state index contributed by atoms with van der Waals surface area (Å²) in [6, 6.07) is 10.2. The Labute approximate surface area is 149 Å². The maximum absolute atomic E-state index is 14.1. The summed E-state index contributed by atoms with van der Waals surface area (Å²) in [4.78, 5) is 0. The van der Waals surface area contributed by atoms with Crippen LogP contribution < -0.4 is 5.73 Å². The third kappa shape index (κ3) is 4.02. The number of hydrogen-bond donors (Lipinski definition) is 1. The molecule has 0 aromatic heterocycles. The second kappa shape index (κ2) is 7.55. The van der Waals surface area contributed by atoms with E-state index in [1.807, 2.05) is 0 Å². The maximum Gasteiger partial charge on any atom is 0.181 e. The number of nitrogens with two attached hydrogens (primary N) is 1. The average molecular weight is 343 g/mol. The first-order chi connectivity index (χ1) is 12.0. The van der Waals surface area contributed by atoms with Gasteiger partial charge in [-0.2, -0.15) is 0 Å². The number of nitrogen functional groups attached to an aromatic ring is 1. The van der Waals surface area contributed by atoms with Gasteiger partial charge in [-0.25, -0.2) is 8.78 Å². The summed E-state index contributed by atoms with van der Waals surface area (Å²) >= 11 is 0. The number of benzene rings is 2. The molecule has 134 valence electrons. The molecular weight excluding hydrogens is 316 g/mol. The van der Waals surface area contributed by atoms with E-state index in [-0.39, 0.29) is 5.69 Å². The SMILES string of the molecule is Cc1cc(N)c(F)c(F)c1CCc1ccc(C2CCC(C)CC2)cc1. The van der Waals surface area contributed by atoms with E-state index in [0.717, 1.165) is 11.5 Å². The molecule has 0 unspecified atom stereocenters. The van der Waals surface area contributed by atoms with E-state index in [1.165, 1.54) is 37.3 Å². The minimum absolute atomic E-state index is 0.120. The predicted octanol–water partition coefficient (Wildman–Crippen LogP) is 5.93. The van der Waals surface area contributed by atoms with Crippen LogP contribution in [-0.4, -0.2) is 0 Å². The Morgan fingerprint density at radius 3 is 2.24 bits per heavy atom. The molecule has 0 heterocycles. The van der Waals surface area contributed by atoms with Crippen LogP contribution in [0.15, 0.2) is 30.3 Å². The maximum atomic E-state index is 14.1. The Hall–Kier alpha value is -1.90. The molecule has 1 aliphatic rings. The highest BCUT2D eigenvalue weighted by molar-refractivity contribution is 5.47. The van der Waals surface area contributed by atoms with Gasteiger partial charge in [-0.1, -0.05) is 44.0 Å². The van der Waals surface area contributed by atoms with E-state index in [4.69, 9.17) is 5.73 Å². The quantitative estimate of drug-likeness (QED) is 0.684. The van der Waals surface area contributed by atoms with Crippen LogP contribution in [0.1, 0.15) is 60.8 Å². The van der Waals surface area contributed by atoms with Gasteiger partial charge in [0.15, 0.2) is 11.6 Å². The fourth-order valence-corrected chi connectivity index (χ4v) is 3.94. The Morgan fingerprint density at radius 1 is 0.960 bits per heavy atom. The van der Waals surface area contributed by atoms with E-state index in [0.29, 0.717) is 29.9 Å². The molecule has 1 aliphatic carbocycles. The highest BCUT2D eigenvalue weighted by Crippen LogP contribution is 2.35. The zero-order valence-electron chi connectivity index (χ0n) is 15.1. The summed E-state index contributed by atoms with van der Waals surface area (Å²) in [5.74, 6) is -0.196. The summed E-state index contributed by atoms with van der Waals surface area (Å²) in [5, 5.41) is 0. The predicted molar refractivity (Wildman–Crippen MR) is 99.7 cm³/mol. The molecule has 1 saturated carbocycles. The van der Waals surface area contributed by atoms with Crippen LogP contribution in [0.3, 0.4) is 0 Å². The largest absolute Gasteiger partial charge is 0.396 e. The van der Waals surface area contributed by atoms with Crippen LogP contribution in [0.25, 0.3) is 0 Å². The number of hydrogen-bond acceptors (Lipinski definition) is 1.